The summed E-state index contributed by atoms with van der Waals surface area (Å²) in [4.78, 5) is 24.7. The van der Waals surface area contributed by atoms with Gasteiger partial charge in [-0.3, -0.25) is 10.2 Å². The van der Waals surface area contributed by atoms with Gasteiger partial charge in [0.15, 0.2) is 5.82 Å². The smallest absolute Gasteiger partial charge is 0.251 e. The molecule has 3 atom stereocenters. The number of nitrogen functional groups attached to an aromatic ring is 1. The summed E-state index contributed by atoms with van der Waals surface area (Å²) in [6.07, 6.45) is 11.5. The number of piperidine rings is 1. The number of carbonyl (C=O) groups is 1. The van der Waals surface area contributed by atoms with E-state index < -0.39 is 0 Å². The fourth-order valence-corrected chi connectivity index (χ4v) is 6.82. The Kier molecular flexibility index (Phi) is 7.04. The lowest BCUT2D eigenvalue weighted by Gasteiger charge is -2.39. The number of hydrogen-bond donors (Lipinski definition) is 4. The van der Waals surface area contributed by atoms with E-state index in [2.05, 4.69) is 32.3 Å². The minimum atomic E-state index is -0.250. The highest BCUT2D eigenvalue weighted by Gasteiger charge is 2.40. The van der Waals surface area contributed by atoms with Gasteiger partial charge in [-0.05, 0) is 80.8 Å². The number of aliphatic hydroxyl groups is 1. The fourth-order valence-electron chi connectivity index (χ4n) is 6.82. The van der Waals surface area contributed by atoms with Crippen molar-refractivity contribution < 1.29 is 9.90 Å². The zero-order valence-corrected chi connectivity index (χ0v) is 22.1. The second kappa shape index (κ2) is 10.8. The third-order valence-electron chi connectivity index (χ3n) is 8.77. The first-order chi connectivity index (χ1) is 19.0. The van der Waals surface area contributed by atoms with Gasteiger partial charge in [0.1, 0.15) is 0 Å². The van der Waals surface area contributed by atoms with Crippen molar-refractivity contribution in [1.29, 1.82) is 5.41 Å². The summed E-state index contributed by atoms with van der Waals surface area (Å²) >= 11 is 0. The average molecular weight is 525 g/mol. The Hall–Kier alpha value is -3.78. The minimum absolute atomic E-state index is 0.202. The van der Waals surface area contributed by atoms with Crippen LogP contribution in [0, 0.1) is 11.3 Å². The van der Waals surface area contributed by atoms with Crippen LogP contribution < -0.4 is 16.0 Å². The van der Waals surface area contributed by atoms with Crippen LogP contribution >= 0.6 is 0 Å². The predicted octanol–water partition coefficient (Wildman–Crippen LogP) is 4.63. The molecule has 8 heteroatoms. The summed E-state index contributed by atoms with van der Waals surface area (Å²) in [6.45, 7) is 0. The van der Waals surface area contributed by atoms with Crippen molar-refractivity contribution in [2.45, 2.75) is 75.6 Å². The molecule has 6 rings (SSSR count). The summed E-state index contributed by atoms with van der Waals surface area (Å²) in [5.74, 6) is 0.726. The van der Waals surface area contributed by atoms with Gasteiger partial charge in [-0.2, -0.15) is 0 Å². The molecule has 2 aliphatic heterocycles. The molecule has 3 unspecified atom stereocenters. The Morgan fingerprint density at radius 3 is 2.28 bits per heavy atom. The third kappa shape index (κ3) is 5.13. The lowest BCUT2D eigenvalue weighted by Crippen LogP contribution is -2.44. The van der Waals surface area contributed by atoms with Crippen molar-refractivity contribution in [1.82, 2.24) is 15.3 Å². The van der Waals surface area contributed by atoms with E-state index in [1.165, 1.54) is 0 Å². The number of rotatable bonds is 7. The second-order valence-electron chi connectivity index (χ2n) is 11.2. The second-order valence-corrected chi connectivity index (χ2v) is 11.2. The molecule has 0 radical (unpaired) electrons. The standard InChI is InChI=1S/C31H36N6O2/c32-27-13-8-21(31(39)36-29(20-4-1-2-5-20)30-34-14-3-15-35-30)16-26(27)28(33)19-6-9-22(10-7-19)37-23-11-12-24(37)18-25(38)17-23/h3,6-10,13-16,20,23-25,29,33,38H,1-2,4-5,11-12,17-18,32H2,(H,36,39). The van der Waals surface area contributed by atoms with Crippen LogP contribution in [0.1, 0.15) is 84.7 Å². The van der Waals surface area contributed by atoms with Crippen molar-refractivity contribution in [3.8, 4) is 0 Å². The van der Waals surface area contributed by atoms with E-state index in [9.17, 15) is 9.90 Å². The number of benzene rings is 2. The maximum atomic E-state index is 13.4. The van der Waals surface area contributed by atoms with E-state index in [0.29, 0.717) is 40.6 Å². The fraction of sp³-hybridized carbons (Fsp3) is 0.419. The third-order valence-corrected chi connectivity index (χ3v) is 8.77. The van der Waals surface area contributed by atoms with Crippen LogP contribution in [-0.4, -0.2) is 44.9 Å². The van der Waals surface area contributed by atoms with Gasteiger partial charge >= 0.3 is 0 Å². The van der Waals surface area contributed by atoms with E-state index in [0.717, 1.165) is 62.6 Å². The summed E-state index contributed by atoms with van der Waals surface area (Å²) in [7, 11) is 0. The van der Waals surface area contributed by atoms with Crippen LogP contribution in [0.25, 0.3) is 0 Å². The Labute approximate surface area is 229 Å². The van der Waals surface area contributed by atoms with Gasteiger partial charge in [-0.1, -0.05) is 25.0 Å². The number of amides is 1. The van der Waals surface area contributed by atoms with Crippen LogP contribution in [0.15, 0.2) is 60.9 Å². The molecule has 0 spiro atoms. The number of anilines is 2. The normalized spacial score (nSPS) is 23.5. The zero-order valence-electron chi connectivity index (χ0n) is 22.1. The quantitative estimate of drug-likeness (QED) is 0.264. The molecular formula is C31H36N6O2. The lowest BCUT2D eigenvalue weighted by atomic mass is 9.95. The predicted molar refractivity (Wildman–Crippen MR) is 152 cm³/mol. The topological polar surface area (TPSA) is 128 Å². The number of fused-ring (bicyclic) bond motifs is 2. The number of aliphatic hydroxyl groups excluding tert-OH is 1. The molecule has 2 bridgehead atoms. The lowest BCUT2D eigenvalue weighted by molar-refractivity contribution is 0.0919. The van der Waals surface area contributed by atoms with Crippen LogP contribution in [0.5, 0.6) is 0 Å². The molecule has 2 aromatic carbocycles. The van der Waals surface area contributed by atoms with Crippen molar-refractivity contribution in [3.63, 3.8) is 0 Å². The molecule has 1 saturated carbocycles. The monoisotopic (exact) mass is 524 g/mol. The minimum Gasteiger partial charge on any atom is -0.398 e. The SMILES string of the molecule is N=C(c1ccc(N2C3CCC2CC(O)C3)cc1)c1cc(C(=O)NC(c2ncccn2)C2CCCC2)ccc1N. The van der Waals surface area contributed by atoms with E-state index in [1.807, 2.05) is 12.1 Å². The van der Waals surface area contributed by atoms with Crippen molar-refractivity contribution in [2.75, 3.05) is 10.6 Å². The van der Waals surface area contributed by atoms with Crippen LogP contribution in [-0.2, 0) is 0 Å². The first kappa shape index (κ1) is 25.5. The molecule has 2 saturated heterocycles. The maximum Gasteiger partial charge on any atom is 0.251 e. The number of hydrogen-bond acceptors (Lipinski definition) is 7. The molecule has 3 aliphatic rings. The number of aromatic nitrogens is 2. The van der Waals surface area contributed by atoms with E-state index in [1.54, 1.807) is 36.7 Å². The van der Waals surface area contributed by atoms with Gasteiger partial charge in [-0.15, -0.1) is 0 Å². The molecule has 39 heavy (non-hydrogen) atoms. The van der Waals surface area contributed by atoms with Gasteiger partial charge < -0.3 is 21.1 Å². The summed E-state index contributed by atoms with van der Waals surface area (Å²) in [5.41, 5.74) is 9.91. The van der Waals surface area contributed by atoms with Crippen LogP contribution in [0.3, 0.4) is 0 Å². The molecule has 3 heterocycles. The zero-order chi connectivity index (χ0) is 26.9. The Bertz CT molecular complexity index is 1320. The summed E-state index contributed by atoms with van der Waals surface area (Å²) < 4.78 is 0. The molecule has 1 aliphatic carbocycles. The van der Waals surface area contributed by atoms with Crippen LogP contribution in [0.4, 0.5) is 11.4 Å². The molecular weight excluding hydrogens is 488 g/mol. The Morgan fingerprint density at radius 1 is 0.974 bits per heavy atom. The van der Waals surface area contributed by atoms with Crippen molar-refractivity contribution in [2.24, 2.45) is 5.92 Å². The average Bonchev–Trinajstić information content (AvgIpc) is 3.58. The highest BCUT2D eigenvalue weighted by molar-refractivity contribution is 6.15. The summed E-state index contributed by atoms with van der Waals surface area (Å²) in [5, 5.41) is 22.2. The molecule has 8 nitrogen and oxygen atoms in total. The Balaban J connectivity index is 1.20. The molecule has 202 valence electrons. The number of nitrogens with one attached hydrogen (secondary N) is 2. The largest absolute Gasteiger partial charge is 0.398 e. The molecule has 3 fully saturated rings. The van der Waals surface area contributed by atoms with E-state index in [-0.39, 0.29) is 23.8 Å². The van der Waals surface area contributed by atoms with Gasteiger partial charge in [0, 0.05) is 52.5 Å². The van der Waals surface area contributed by atoms with Crippen molar-refractivity contribution in [3.05, 3.63) is 83.4 Å². The van der Waals surface area contributed by atoms with E-state index in [4.69, 9.17) is 11.1 Å². The van der Waals surface area contributed by atoms with Gasteiger partial charge in [0.05, 0.1) is 17.9 Å². The van der Waals surface area contributed by atoms with Gasteiger partial charge in [0.25, 0.3) is 5.91 Å². The molecule has 1 amide bonds. The number of nitrogens with zero attached hydrogens (tertiary/aromatic N) is 3. The molecule has 5 N–H and O–H groups in total. The molecule has 1 aromatic heterocycles. The summed E-state index contributed by atoms with van der Waals surface area (Å²) in [6, 6.07) is 15.4. The Morgan fingerprint density at radius 2 is 1.62 bits per heavy atom. The van der Waals surface area contributed by atoms with Crippen LogP contribution in [0.2, 0.25) is 0 Å². The highest BCUT2D eigenvalue weighted by atomic mass is 16.3. The number of nitrogens with two attached hydrogens (primary N) is 1. The highest BCUT2D eigenvalue weighted by Crippen LogP contribution is 2.39. The number of carbonyl (C=O) groups excluding carboxylic acids is 1. The first-order valence-corrected chi connectivity index (χ1v) is 14.1. The maximum absolute atomic E-state index is 13.4. The van der Waals surface area contributed by atoms with Gasteiger partial charge in [-0.25, -0.2) is 9.97 Å². The van der Waals surface area contributed by atoms with Gasteiger partial charge in [0.2, 0.25) is 0 Å². The van der Waals surface area contributed by atoms with Crippen molar-refractivity contribution >= 4 is 23.0 Å². The first-order valence-electron chi connectivity index (χ1n) is 14.1. The van der Waals surface area contributed by atoms with E-state index >= 15 is 0 Å². The molecule has 3 aromatic rings.